The van der Waals surface area contributed by atoms with Gasteiger partial charge in [-0.05, 0) is 35.5 Å². The molecule has 1 aromatic heterocycles. The highest BCUT2D eigenvalue weighted by atomic mass is 32.2. The van der Waals surface area contributed by atoms with Crippen LogP contribution in [0.4, 0.5) is 0 Å². The molecule has 1 heterocycles. The van der Waals surface area contributed by atoms with Crippen LogP contribution in [0.1, 0.15) is 13.3 Å². The van der Waals surface area contributed by atoms with Crippen LogP contribution >= 0.6 is 11.8 Å². The van der Waals surface area contributed by atoms with Gasteiger partial charge in [0.2, 0.25) is 5.16 Å². The molecule has 0 saturated heterocycles. The molecule has 1 unspecified atom stereocenters. The fourth-order valence-corrected chi connectivity index (χ4v) is 2.63. The van der Waals surface area contributed by atoms with Crippen LogP contribution in [0.25, 0.3) is 5.69 Å². The number of aliphatic carboxylic acids is 1. The van der Waals surface area contributed by atoms with Crippen molar-refractivity contribution in [2.75, 3.05) is 12.3 Å². The summed E-state index contributed by atoms with van der Waals surface area (Å²) in [7, 11) is 0. The van der Waals surface area contributed by atoms with E-state index in [9.17, 15) is 9.90 Å². The molecule has 1 aromatic carbocycles. The molecule has 0 aliphatic heterocycles. The van der Waals surface area contributed by atoms with E-state index < -0.39 is 12.0 Å². The summed E-state index contributed by atoms with van der Waals surface area (Å²) in [6.45, 7) is 2.66. The number of carboxylic acids is 1. The minimum Gasteiger partial charge on any atom is -0.480 e. The van der Waals surface area contributed by atoms with Crippen LogP contribution < -0.4 is 5.32 Å². The van der Waals surface area contributed by atoms with Gasteiger partial charge in [-0.2, -0.15) is 4.68 Å². The maximum absolute atomic E-state index is 11.2. The minimum absolute atomic E-state index is 0.364. The first-order valence-corrected chi connectivity index (χ1v) is 7.63. The molecule has 0 fully saturated rings. The van der Waals surface area contributed by atoms with Crippen LogP contribution in [0.2, 0.25) is 0 Å². The summed E-state index contributed by atoms with van der Waals surface area (Å²) in [6, 6.07) is 8.88. The van der Waals surface area contributed by atoms with Crippen molar-refractivity contribution >= 4 is 17.7 Å². The molecule has 2 rings (SSSR count). The van der Waals surface area contributed by atoms with Crippen LogP contribution in [-0.4, -0.2) is 49.6 Å². The number of hydrogen-bond acceptors (Lipinski definition) is 6. The Hall–Kier alpha value is -1.93. The molecule has 8 heteroatoms. The molecule has 1 atom stereocenters. The topological polar surface area (TPSA) is 92.9 Å². The maximum Gasteiger partial charge on any atom is 0.321 e. The van der Waals surface area contributed by atoms with Crippen molar-refractivity contribution in [1.29, 1.82) is 0 Å². The lowest BCUT2D eigenvalue weighted by Crippen LogP contribution is -2.39. The predicted octanol–water partition coefficient (Wildman–Crippen LogP) is 1.21. The van der Waals surface area contributed by atoms with E-state index in [4.69, 9.17) is 0 Å². The highest BCUT2D eigenvalue weighted by molar-refractivity contribution is 7.99. The average molecular weight is 307 g/mol. The molecular weight excluding hydrogens is 290 g/mol. The first kappa shape index (κ1) is 15.5. The van der Waals surface area contributed by atoms with E-state index in [2.05, 4.69) is 20.8 Å². The molecule has 0 radical (unpaired) electrons. The fourth-order valence-electron chi connectivity index (χ4n) is 1.69. The van der Waals surface area contributed by atoms with E-state index >= 15 is 0 Å². The van der Waals surface area contributed by atoms with E-state index in [1.165, 1.54) is 11.8 Å². The van der Waals surface area contributed by atoms with Crippen molar-refractivity contribution in [3.05, 3.63) is 30.3 Å². The lowest BCUT2D eigenvalue weighted by Gasteiger charge is -2.12. The number of nitrogens with zero attached hydrogens (tertiary/aromatic N) is 4. The van der Waals surface area contributed by atoms with Crippen molar-refractivity contribution in [3.8, 4) is 5.69 Å². The number of para-hydroxylation sites is 1. The molecule has 21 heavy (non-hydrogen) atoms. The van der Waals surface area contributed by atoms with E-state index in [-0.39, 0.29) is 0 Å². The quantitative estimate of drug-likeness (QED) is 0.708. The monoisotopic (exact) mass is 307 g/mol. The minimum atomic E-state index is -0.866. The van der Waals surface area contributed by atoms with Gasteiger partial charge in [-0.1, -0.05) is 36.9 Å². The molecule has 2 N–H and O–H groups in total. The number of rotatable bonds is 8. The smallest absolute Gasteiger partial charge is 0.321 e. The summed E-state index contributed by atoms with van der Waals surface area (Å²) >= 11 is 1.32. The lowest BCUT2D eigenvalue weighted by atomic mass is 10.3. The zero-order valence-electron chi connectivity index (χ0n) is 11.6. The maximum atomic E-state index is 11.2. The largest absolute Gasteiger partial charge is 0.480 e. The third-order valence-electron chi connectivity index (χ3n) is 2.76. The summed E-state index contributed by atoms with van der Waals surface area (Å²) in [5, 5.41) is 24.3. The number of hydrogen-bond donors (Lipinski definition) is 2. The Kier molecular flexibility index (Phi) is 5.70. The molecule has 7 nitrogen and oxygen atoms in total. The van der Waals surface area contributed by atoms with Crippen molar-refractivity contribution in [2.45, 2.75) is 24.5 Å². The predicted molar refractivity (Wildman–Crippen MR) is 79.6 cm³/mol. The number of aromatic nitrogens is 4. The highest BCUT2D eigenvalue weighted by Gasteiger charge is 2.18. The van der Waals surface area contributed by atoms with Gasteiger partial charge in [-0.25, -0.2) is 0 Å². The number of carboxylic acid groups (broad SMARTS) is 1. The molecular formula is C13H17N5O2S. The fraction of sp³-hybridized carbons (Fsp3) is 0.385. The molecule has 0 amide bonds. The second-order valence-electron chi connectivity index (χ2n) is 4.36. The van der Waals surface area contributed by atoms with Crippen LogP contribution in [0, 0.1) is 0 Å². The van der Waals surface area contributed by atoms with Crippen molar-refractivity contribution in [2.24, 2.45) is 0 Å². The van der Waals surface area contributed by atoms with E-state index in [0.717, 1.165) is 12.1 Å². The molecule has 0 aliphatic rings. The van der Waals surface area contributed by atoms with E-state index in [0.29, 0.717) is 17.5 Å². The van der Waals surface area contributed by atoms with E-state index in [1.54, 1.807) is 4.68 Å². The third-order valence-corrected chi connectivity index (χ3v) is 3.77. The first-order chi connectivity index (χ1) is 10.2. The van der Waals surface area contributed by atoms with Gasteiger partial charge in [0.05, 0.1) is 5.69 Å². The molecule has 112 valence electrons. The average Bonchev–Trinajstić information content (AvgIpc) is 2.96. The SMILES string of the molecule is CCCNC(CSc1nnnn1-c1ccccc1)C(=O)O. The Morgan fingerprint density at radius 1 is 1.43 bits per heavy atom. The summed E-state index contributed by atoms with van der Waals surface area (Å²) in [6.07, 6.45) is 0.885. The van der Waals surface area contributed by atoms with E-state index in [1.807, 2.05) is 37.3 Å². The number of nitrogens with one attached hydrogen (secondary N) is 1. The molecule has 0 aliphatic carbocycles. The summed E-state index contributed by atoms with van der Waals surface area (Å²) < 4.78 is 1.60. The van der Waals surface area contributed by atoms with Gasteiger partial charge < -0.3 is 10.4 Å². The summed E-state index contributed by atoms with van der Waals surface area (Å²) in [4.78, 5) is 11.2. The Morgan fingerprint density at radius 3 is 2.86 bits per heavy atom. The van der Waals surface area contributed by atoms with Gasteiger partial charge in [-0.3, -0.25) is 4.79 Å². The second kappa shape index (κ2) is 7.75. The number of thioether (sulfide) groups is 1. The first-order valence-electron chi connectivity index (χ1n) is 6.65. The molecule has 0 bridgehead atoms. The van der Waals surface area contributed by atoms with Crippen molar-refractivity contribution in [1.82, 2.24) is 25.5 Å². The lowest BCUT2D eigenvalue weighted by molar-refractivity contribution is -0.138. The Bertz CT molecular complexity index is 575. The Balaban J connectivity index is 2.03. The number of tetrazole rings is 1. The number of benzene rings is 1. The van der Waals surface area contributed by atoms with Crippen LogP contribution in [0.5, 0.6) is 0 Å². The van der Waals surface area contributed by atoms with Crippen LogP contribution in [-0.2, 0) is 4.79 Å². The standard InChI is InChI=1S/C13H17N5O2S/c1-2-8-14-11(12(19)20)9-21-13-15-16-17-18(13)10-6-4-3-5-7-10/h3-7,11,14H,2,8-9H2,1H3,(H,19,20). The molecule has 2 aromatic rings. The Labute approximate surface area is 126 Å². The van der Waals surface area contributed by atoms with Gasteiger partial charge in [0.25, 0.3) is 0 Å². The molecule has 0 saturated carbocycles. The summed E-state index contributed by atoms with van der Waals surface area (Å²) in [5.41, 5.74) is 0.846. The third kappa shape index (κ3) is 4.27. The zero-order chi connectivity index (χ0) is 15.1. The van der Waals surface area contributed by atoms with Crippen molar-refractivity contribution < 1.29 is 9.90 Å². The van der Waals surface area contributed by atoms with Crippen LogP contribution in [0.15, 0.2) is 35.5 Å². The van der Waals surface area contributed by atoms with Crippen LogP contribution in [0.3, 0.4) is 0 Å². The van der Waals surface area contributed by atoms with Gasteiger partial charge in [0.1, 0.15) is 6.04 Å². The van der Waals surface area contributed by atoms with Crippen molar-refractivity contribution in [3.63, 3.8) is 0 Å². The van der Waals surface area contributed by atoms with Gasteiger partial charge in [0, 0.05) is 5.75 Å². The normalized spacial score (nSPS) is 12.2. The zero-order valence-corrected chi connectivity index (χ0v) is 12.5. The highest BCUT2D eigenvalue weighted by Crippen LogP contribution is 2.18. The number of carbonyl (C=O) groups is 1. The van der Waals surface area contributed by atoms with Gasteiger partial charge in [-0.15, -0.1) is 5.10 Å². The molecule has 0 spiro atoms. The second-order valence-corrected chi connectivity index (χ2v) is 5.35. The van der Waals surface area contributed by atoms with Gasteiger partial charge in [0.15, 0.2) is 0 Å². The van der Waals surface area contributed by atoms with Gasteiger partial charge >= 0.3 is 5.97 Å². The Morgan fingerprint density at radius 2 is 2.19 bits per heavy atom. The summed E-state index contributed by atoms with van der Waals surface area (Å²) in [5.74, 6) is -0.502.